The number of carboxylic acids is 1. The van der Waals surface area contributed by atoms with Crippen LogP contribution in [0.4, 0.5) is 20.2 Å². The molecular formula is C55H46Br2F2N4O8. The summed E-state index contributed by atoms with van der Waals surface area (Å²) < 4.78 is 49.3. The van der Waals surface area contributed by atoms with Gasteiger partial charge in [-0.15, -0.1) is 0 Å². The number of esters is 1. The molecule has 12 nitrogen and oxygen atoms in total. The summed E-state index contributed by atoms with van der Waals surface area (Å²) >= 11 is 7.07. The Morgan fingerprint density at radius 3 is 1.35 bits per heavy atom. The smallest absolute Gasteiger partial charge is 0.340 e. The Morgan fingerprint density at radius 2 is 0.958 bits per heavy atom. The maximum atomic E-state index is 13.3. The molecule has 3 N–H and O–H groups in total. The number of ether oxygens (including phenoxy) is 3. The molecule has 16 heteroatoms. The van der Waals surface area contributed by atoms with E-state index in [1.165, 1.54) is 51.3 Å². The van der Waals surface area contributed by atoms with Crippen LogP contribution in [0.3, 0.4) is 0 Å². The second-order valence-corrected chi connectivity index (χ2v) is 18.0. The Bertz CT molecular complexity index is 3280. The van der Waals surface area contributed by atoms with Gasteiger partial charge in [0.25, 0.3) is 0 Å². The molecule has 2 aromatic heterocycles. The summed E-state index contributed by atoms with van der Waals surface area (Å²) in [6, 6.07) is 41.5. The molecule has 0 aliphatic rings. The molecule has 8 rings (SSSR count). The maximum Gasteiger partial charge on any atom is 0.340 e. The summed E-state index contributed by atoms with van der Waals surface area (Å²) in [6.07, 6.45) is 0. The molecule has 0 atom stereocenters. The van der Waals surface area contributed by atoms with Crippen molar-refractivity contribution in [1.82, 2.24) is 9.13 Å². The number of carboxylic acid groups (broad SMARTS) is 1. The van der Waals surface area contributed by atoms with E-state index in [9.17, 15) is 33.1 Å². The Kier molecular flexibility index (Phi) is 16.3. The van der Waals surface area contributed by atoms with Crippen LogP contribution in [0.1, 0.15) is 57.1 Å². The summed E-state index contributed by atoms with van der Waals surface area (Å²) in [6.45, 7) is 7.11. The highest BCUT2D eigenvalue weighted by Gasteiger charge is 2.21. The lowest BCUT2D eigenvalue weighted by molar-refractivity contribution is -0.115. The minimum atomic E-state index is -1.15. The number of rotatable bonds is 14. The number of amides is 2. The van der Waals surface area contributed by atoms with Crippen LogP contribution in [0.5, 0.6) is 11.5 Å². The van der Waals surface area contributed by atoms with Gasteiger partial charge in [0, 0.05) is 56.7 Å². The number of benzene rings is 6. The van der Waals surface area contributed by atoms with Crippen LogP contribution in [-0.2, 0) is 27.5 Å². The van der Waals surface area contributed by atoms with Gasteiger partial charge in [-0.2, -0.15) is 0 Å². The van der Waals surface area contributed by atoms with Crippen LogP contribution >= 0.6 is 31.9 Å². The Hall–Kier alpha value is -7.82. The van der Waals surface area contributed by atoms with E-state index in [1.807, 2.05) is 89.7 Å². The topological polar surface area (TPSA) is 150 Å². The predicted octanol–water partition coefficient (Wildman–Crippen LogP) is 13.3. The fourth-order valence-corrected chi connectivity index (χ4v) is 8.44. The number of hydrogen-bond acceptors (Lipinski definition) is 7. The molecule has 0 fully saturated rings. The quantitative estimate of drug-likeness (QED) is 0.0911. The molecule has 0 unspecified atom stereocenters. The Labute approximate surface area is 425 Å². The van der Waals surface area contributed by atoms with Crippen molar-refractivity contribution in [3.05, 3.63) is 200 Å². The van der Waals surface area contributed by atoms with Gasteiger partial charge in [-0.05, 0) is 146 Å². The zero-order valence-corrected chi connectivity index (χ0v) is 42.2. The predicted molar refractivity (Wildman–Crippen MR) is 276 cm³/mol. The van der Waals surface area contributed by atoms with E-state index in [2.05, 4.69) is 42.5 Å². The summed E-state index contributed by atoms with van der Waals surface area (Å²) in [5.74, 6) is -1.69. The van der Waals surface area contributed by atoms with Crippen molar-refractivity contribution in [1.29, 1.82) is 0 Å². The summed E-state index contributed by atoms with van der Waals surface area (Å²) in [5, 5.41) is 15.0. The van der Waals surface area contributed by atoms with E-state index in [1.54, 1.807) is 48.5 Å². The maximum absolute atomic E-state index is 13.3. The SMILES string of the molecule is CC(=O)Nc1ccc(-n2c(C)ccc2-c2cc(Br)ccc2OCc2ccc(F)cc2)cc1C(=O)O.COC(=O)c1cc(-n2c(C)ccc2-c2cc(Br)ccc2OCc2ccc(F)cc2)ccc1NC(C)=O. The number of hydrogen-bond donors (Lipinski definition) is 3. The zero-order chi connectivity index (χ0) is 50.9. The number of nitrogens with one attached hydrogen (secondary N) is 2. The molecule has 0 aliphatic carbocycles. The van der Waals surface area contributed by atoms with Gasteiger partial charge in [0.2, 0.25) is 11.8 Å². The molecule has 0 spiro atoms. The van der Waals surface area contributed by atoms with Crippen molar-refractivity contribution >= 4 is 67.0 Å². The number of aromatic carboxylic acids is 1. The van der Waals surface area contributed by atoms with E-state index in [-0.39, 0.29) is 53.5 Å². The number of anilines is 2. The highest BCUT2D eigenvalue weighted by Crippen LogP contribution is 2.39. The number of aromatic nitrogens is 2. The van der Waals surface area contributed by atoms with E-state index in [4.69, 9.17) is 14.2 Å². The summed E-state index contributed by atoms with van der Waals surface area (Å²) in [7, 11) is 1.30. The van der Waals surface area contributed by atoms with Crippen molar-refractivity contribution in [2.45, 2.75) is 40.9 Å². The van der Waals surface area contributed by atoms with Crippen molar-refractivity contribution in [2.24, 2.45) is 0 Å². The Morgan fingerprint density at radius 1 is 0.549 bits per heavy atom. The molecular weight excluding hydrogens is 1040 g/mol. The van der Waals surface area contributed by atoms with E-state index >= 15 is 0 Å². The normalized spacial score (nSPS) is 10.7. The van der Waals surface area contributed by atoms with Gasteiger partial charge in [-0.3, -0.25) is 9.59 Å². The lowest BCUT2D eigenvalue weighted by atomic mass is 10.1. The van der Waals surface area contributed by atoms with Crippen molar-refractivity contribution in [3.63, 3.8) is 0 Å². The van der Waals surface area contributed by atoms with Crippen molar-refractivity contribution in [3.8, 4) is 45.4 Å². The first-order valence-electron chi connectivity index (χ1n) is 21.9. The molecule has 0 bridgehead atoms. The third kappa shape index (κ3) is 12.5. The van der Waals surface area contributed by atoms with Crippen LogP contribution < -0.4 is 20.1 Å². The van der Waals surface area contributed by atoms with Crippen LogP contribution in [0.25, 0.3) is 33.9 Å². The van der Waals surface area contributed by atoms with Gasteiger partial charge in [0.15, 0.2) is 0 Å². The van der Waals surface area contributed by atoms with Gasteiger partial charge >= 0.3 is 11.9 Å². The largest absolute Gasteiger partial charge is 0.488 e. The van der Waals surface area contributed by atoms with E-state index in [0.717, 1.165) is 54.0 Å². The number of nitrogens with zero attached hydrogens (tertiary/aromatic N) is 2. The fraction of sp³-hybridized carbons (Fsp3) is 0.127. The molecule has 0 saturated heterocycles. The molecule has 6 aromatic carbocycles. The standard InChI is InChI=1S/C28H24BrFN2O4.C27H22BrFN2O4/c1-17-4-12-26(32(17)22-10-11-25(31-18(2)33)23(15-22)28(34)35-3)24-14-20(29)7-13-27(24)36-16-19-5-8-21(30)9-6-19;1-16-3-11-25(31(16)21-9-10-24(30-17(2)32)22(14-21)27(33)34)23-13-19(28)6-12-26(23)35-15-18-4-7-20(29)8-5-18/h4-15H,16H2,1-3H3,(H,31,33);3-14H,15H2,1-2H3,(H,30,32)(H,33,34). The average molecular weight is 1090 g/mol. The molecule has 2 amide bonds. The van der Waals surface area contributed by atoms with E-state index in [0.29, 0.717) is 28.6 Å². The number of carbonyl (C=O) groups is 4. The average Bonchev–Trinajstić information content (AvgIpc) is 3.93. The number of halogens is 4. The second-order valence-electron chi connectivity index (χ2n) is 16.1. The second kappa shape index (κ2) is 22.7. The molecule has 0 aliphatic heterocycles. The molecule has 8 aromatic rings. The fourth-order valence-electron chi connectivity index (χ4n) is 7.72. The van der Waals surface area contributed by atoms with Crippen molar-refractivity contribution in [2.75, 3.05) is 17.7 Å². The molecule has 0 radical (unpaired) electrons. The molecule has 71 heavy (non-hydrogen) atoms. The highest BCUT2D eigenvalue weighted by molar-refractivity contribution is 9.10. The lowest BCUT2D eigenvalue weighted by Gasteiger charge is -2.18. The molecule has 362 valence electrons. The zero-order valence-electron chi connectivity index (χ0n) is 39.0. The molecule has 0 saturated carbocycles. The van der Waals surface area contributed by atoms with Crippen LogP contribution in [0, 0.1) is 25.5 Å². The number of carbonyl (C=O) groups excluding carboxylic acids is 3. The number of aryl methyl sites for hydroxylation is 2. The van der Waals surface area contributed by atoms with Crippen LogP contribution in [-0.4, -0.2) is 45.1 Å². The summed E-state index contributed by atoms with van der Waals surface area (Å²) in [4.78, 5) is 47.5. The van der Waals surface area contributed by atoms with Crippen molar-refractivity contribution < 1.29 is 47.3 Å². The monoisotopic (exact) mass is 1090 g/mol. The summed E-state index contributed by atoms with van der Waals surface area (Å²) in [5.41, 5.74) is 8.89. The first-order valence-corrected chi connectivity index (χ1v) is 23.4. The Balaban J connectivity index is 0.000000209. The minimum absolute atomic E-state index is 0.0150. The first kappa shape index (κ1) is 51.0. The van der Waals surface area contributed by atoms with Gasteiger partial charge < -0.3 is 39.1 Å². The highest BCUT2D eigenvalue weighted by atomic mass is 79.9. The van der Waals surface area contributed by atoms with Gasteiger partial charge in [-0.1, -0.05) is 56.1 Å². The molecule has 2 heterocycles. The van der Waals surface area contributed by atoms with Crippen LogP contribution in [0.2, 0.25) is 0 Å². The third-order valence-corrected chi connectivity index (χ3v) is 12.0. The number of methoxy groups -OCH3 is 1. The lowest BCUT2D eigenvalue weighted by Crippen LogP contribution is -2.13. The van der Waals surface area contributed by atoms with E-state index < -0.39 is 11.9 Å². The first-order chi connectivity index (χ1) is 34.0. The van der Waals surface area contributed by atoms with Crippen LogP contribution in [0.15, 0.2) is 155 Å². The van der Waals surface area contributed by atoms with Gasteiger partial charge in [0.1, 0.15) is 36.3 Å². The minimum Gasteiger partial charge on any atom is -0.488 e. The van der Waals surface area contributed by atoms with Gasteiger partial charge in [0.05, 0.1) is 41.0 Å². The van der Waals surface area contributed by atoms with Gasteiger partial charge in [-0.25, -0.2) is 18.4 Å². The third-order valence-electron chi connectivity index (χ3n) is 11.0.